The van der Waals surface area contributed by atoms with Crippen molar-refractivity contribution in [2.75, 3.05) is 14.2 Å². The molecule has 24 heavy (non-hydrogen) atoms. The van der Waals surface area contributed by atoms with E-state index >= 15 is 0 Å². The summed E-state index contributed by atoms with van der Waals surface area (Å²) in [5, 5.41) is 2.67. The number of rotatable bonds is 6. The summed E-state index contributed by atoms with van der Waals surface area (Å²) in [6.45, 7) is 6.19. The highest BCUT2D eigenvalue weighted by Crippen LogP contribution is 2.29. The summed E-state index contributed by atoms with van der Waals surface area (Å²) in [6.07, 6.45) is 0. The van der Waals surface area contributed by atoms with Crippen LogP contribution in [0.1, 0.15) is 29.2 Å². The number of hydrogen-bond donors (Lipinski definition) is 1. The molecule has 0 saturated heterocycles. The first kappa shape index (κ1) is 18.0. The third-order valence-electron chi connectivity index (χ3n) is 4.33. The zero-order chi connectivity index (χ0) is 17.7. The van der Waals surface area contributed by atoms with E-state index in [0.29, 0.717) is 6.61 Å². The molecule has 1 amide bonds. The third-order valence-corrected chi connectivity index (χ3v) is 4.33. The second-order valence-corrected chi connectivity index (χ2v) is 6.03. The van der Waals surface area contributed by atoms with Gasteiger partial charge in [0.1, 0.15) is 12.4 Å². The third kappa shape index (κ3) is 3.60. The van der Waals surface area contributed by atoms with Crippen LogP contribution >= 0.6 is 0 Å². The lowest BCUT2D eigenvalue weighted by atomic mass is 9.90. The van der Waals surface area contributed by atoms with E-state index in [1.807, 2.05) is 50.2 Å². The Bertz CT molecular complexity index is 727. The summed E-state index contributed by atoms with van der Waals surface area (Å²) in [6, 6.07) is 13.8. The average Bonchev–Trinajstić information content (AvgIpc) is 2.61. The van der Waals surface area contributed by atoms with Crippen molar-refractivity contribution in [3.8, 4) is 5.75 Å². The van der Waals surface area contributed by atoms with Crippen molar-refractivity contribution in [1.29, 1.82) is 0 Å². The van der Waals surface area contributed by atoms with Gasteiger partial charge >= 0.3 is 0 Å². The van der Waals surface area contributed by atoms with Crippen molar-refractivity contribution in [3.05, 3.63) is 64.7 Å². The van der Waals surface area contributed by atoms with Gasteiger partial charge in [0.05, 0.1) is 0 Å². The van der Waals surface area contributed by atoms with Gasteiger partial charge in [0, 0.05) is 14.2 Å². The van der Waals surface area contributed by atoms with Crippen LogP contribution in [-0.2, 0) is 21.7 Å². The van der Waals surface area contributed by atoms with E-state index in [1.54, 1.807) is 14.0 Å². The number of nitrogens with one attached hydrogen (secondary N) is 1. The Morgan fingerprint density at radius 2 is 1.88 bits per heavy atom. The molecule has 0 aromatic heterocycles. The van der Waals surface area contributed by atoms with Crippen LogP contribution in [0, 0.1) is 13.8 Å². The predicted octanol–water partition coefficient (Wildman–Crippen LogP) is 3.49. The van der Waals surface area contributed by atoms with Crippen molar-refractivity contribution in [2.24, 2.45) is 0 Å². The highest BCUT2D eigenvalue weighted by molar-refractivity contribution is 5.86. The van der Waals surface area contributed by atoms with Crippen LogP contribution in [0.25, 0.3) is 0 Å². The van der Waals surface area contributed by atoms with Crippen LogP contribution < -0.4 is 10.1 Å². The van der Waals surface area contributed by atoms with Gasteiger partial charge in [-0.05, 0) is 49.1 Å². The van der Waals surface area contributed by atoms with Crippen molar-refractivity contribution in [1.82, 2.24) is 5.32 Å². The van der Waals surface area contributed by atoms with E-state index < -0.39 is 5.60 Å². The molecule has 2 rings (SSSR count). The van der Waals surface area contributed by atoms with E-state index in [2.05, 4.69) is 11.4 Å². The van der Waals surface area contributed by atoms with Gasteiger partial charge in [-0.2, -0.15) is 0 Å². The summed E-state index contributed by atoms with van der Waals surface area (Å²) in [5.41, 5.74) is 2.90. The van der Waals surface area contributed by atoms with Gasteiger partial charge in [-0.1, -0.05) is 36.4 Å². The predicted molar refractivity (Wildman–Crippen MR) is 95.1 cm³/mol. The lowest BCUT2D eigenvalue weighted by Crippen LogP contribution is -2.42. The number of amides is 1. The lowest BCUT2D eigenvalue weighted by Gasteiger charge is -2.28. The standard InChI is InChI=1S/C20H25NO3/c1-14-10-11-15(2)18(12-14)24-13-16-8-6-7-9-17(16)20(3,23-5)19(22)21-4/h6-12H,13H2,1-5H3,(H,21,22). The van der Waals surface area contributed by atoms with E-state index in [9.17, 15) is 4.79 Å². The topological polar surface area (TPSA) is 47.6 Å². The summed E-state index contributed by atoms with van der Waals surface area (Å²) in [5.74, 6) is 0.660. The smallest absolute Gasteiger partial charge is 0.256 e. The van der Waals surface area contributed by atoms with Crippen LogP contribution in [0.4, 0.5) is 0 Å². The molecule has 1 unspecified atom stereocenters. The van der Waals surface area contributed by atoms with Crippen LogP contribution in [0.2, 0.25) is 0 Å². The fourth-order valence-electron chi connectivity index (χ4n) is 2.69. The quantitative estimate of drug-likeness (QED) is 0.883. The van der Waals surface area contributed by atoms with Gasteiger partial charge in [0.25, 0.3) is 5.91 Å². The number of aryl methyl sites for hydroxylation is 2. The maximum atomic E-state index is 12.3. The monoisotopic (exact) mass is 327 g/mol. The highest BCUT2D eigenvalue weighted by Gasteiger charge is 2.36. The Balaban J connectivity index is 2.32. The molecule has 0 bridgehead atoms. The molecule has 1 N–H and O–H groups in total. The fourth-order valence-corrected chi connectivity index (χ4v) is 2.69. The number of hydrogen-bond acceptors (Lipinski definition) is 3. The van der Waals surface area contributed by atoms with Gasteiger partial charge in [0.2, 0.25) is 0 Å². The molecule has 4 nitrogen and oxygen atoms in total. The summed E-state index contributed by atoms with van der Waals surface area (Å²) >= 11 is 0. The van der Waals surface area contributed by atoms with Crippen molar-refractivity contribution >= 4 is 5.91 Å². The average molecular weight is 327 g/mol. The first-order valence-corrected chi connectivity index (χ1v) is 7.98. The number of carbonyl (C=O) groups excluding carboxylic acids is 1. The Hall–Kier alpha value is -2.33. The van der Waals surface area contributed by atoms with Crippen LogP contribution in [0.5, 0.6) is 5.75 Å². The second-order valence-electron chi connectivity index (χ2n) is 6.03. The number of benzene rings is 2. The highest BCUT2D eigenvalue weighted by atomic mass is 16.5. The fraction of sp³-hybridized carbons (Fsp3) is 0.350. The van der Waals surface area contributed by atoms with Gasteiger partial charge in [-0.25, -0.2) is 0 Å². The minimum atomic E-state index is -1.06. The zero-order valence-electron chi connectivity index (χ0n) is 15.0. The largest absolute Gasteiger partial charge is 0.489 e. The molecular weight excluding hydrogens is 302 g/mol. The molecule has 2 aromatic carbocycles. The number of methoxy groups -OCH3 is 1. The molecule has 0 spiro atoms. The Labute approximate surface area is 143 Å². The minimum Gasteiger partial charge on any atom is -0.489 e. The number of ether oxygens (including phenoxy) is 2. The van der Waals surface area contributed by atoms with Crippen LogP contribution in [0.15, 0.2) is 42.5 Å². The Morgan fingerprint density at radius 3 is 2.54 bits per heavy atom. The molecule has 0 heterocycles. The molecule has 128 valence electrons. The van der Waals surface area contributed by atoms with Gasteiger partial charge in [-0.3, -0.25) is 4.79 Å². The van der Waals surface area contributed by atoms with Gasteiger partial charge in [0.15, 0.2) is 5.60 Å². The summed E-state index contributed by atoms with van der Waals surface area (Å²) < 4.78 is 11.6. The maximum absolute atomic E-state index is 12.3. The van der Waals surface area contributed by atoms with Crippen LogP contribution in [-0.4, -0.2) is 20.1 Å². The molecule has 0 saturated carbocycles. The second kappa shape index (κ2) is 7.49. The molecule has 0 fully saturated rings. The van der Waals surface area contributed by atoms with E-state index in [-0.39, 0.29) is 5.91 Å². The SMILES string of the molecule is CNC(=O)C(C)(OC)c1ccccc1COc1cc(C)ccc1C. The molecule has 4 heteroatoms. The molecule has 1 atom stereocenters. The number of carbonyl (C=O) groups is 1. The summed E-state index contributed by atoms with van der Waals surface area (Å²) in [4.78, 5) is 12.3. The van der Waals surface area contributed by atoms with Gasteiger partial charge in [-0.15, -0.1) is 0 Å². The molecule has 0 aliphatic carbocycles. The Kier molecular flexibility index (Phi) is 5.62. The molecule has 0 aliphatic heterocycles. The van der Waals surface area contributed by atoms with E-state index in [1.165, 1.54) is 7.11 Å². The zero-order valence-corrected chi connectivity index (χ0v) is 15.0. The van der Waals surface area contributed by atoms with Crippen LogP contribution in [0.3, 0.4) is 0 Å². The van der Waals surface area contributed by atoms with Crippen molar-refractivity contribution < 1.29 is 14.3 Å². The van der Waals surface area contributed by atoms with Crippen molar-refractivity contribution in [3.63, 3.8) is 0 Å². The normalized spacial score (nSPS) is 13.2. The molecular formula is C20H25NO3. The first-order chi connectivity index (χ1) is 11.4. The van der Waals surface area contributed by atoms with Gasteiger partial charge < -0.3 is 14.8 Å². The van der Waals surface area contributed by atoms with E-state index in [0.717, 1.165) is 28.0 Å². The molecule has 2 aromatic rings. The first-order valence-electron chi connectivity index (χ1n) is 7.98. The minimum absolute atomic E-state index is 0.191. The summed E-state index contributed by atoms with van der Waals surface area (Å²) in [7, 11) is 3.15. The molecule has 0 aliphatic rings. The van der Waals surface area contributed by atoms with E-state index in [4.69, 9.17) is 9.47 Å². The lowest BCUT2D eigenvalue weighted by molar-refractivity contribution is -0.142. The molecule has 0 radical (unpaired) electrons. The number of likely N-dealkylation sites (N-methyl/N-ethyl adjacent to an activating group) is 1. The maximum Gasteiger partial charge on any atom is 0.256 e. The van der Waals surface area contributed by atoms with Crippen molar-refractivity contribution in [2.45, 2.75) is 33.0 Å². The Morgan fingerprint density at radius 1 is 1.17 bits per heavy atom.